The molecule has 0 bridgehead atoms. The number of allylic oxidation sites excluding steroid dienone is 1. The largest absolute Gasteiger partial charge is 0.312 e. The van der Waals surface area contributed by atoms with E-state index >= 15 is 0 Å². The summed E-state index contributed by atoms with van der Waals surface area (Å²) in [5.74, 6) is 1.76. The highest BCUT2D eigenvalue weighted by Gasteiger charge is 2.27. The van der Waals surface area contributed by atoms with Gasteiger partial charge in [0.2, 0.25) is 0 Å². The Morgan fingerprint density at radius 1 is 1.27 bits per heavy atom. The van der Waals surface area contributed by atoms with E-state index in [0.717, 1.165) is 11.8 Å². The molecule has 1 aliphatic carbocycles. The van der Waals surface area contributed by atoms with Crippen LogP contribution in [-0.4, -0.2) is 12.1 Å². The van der Waals surface area contributed by atoms with E-state index in [1.54, 1.807) is 0 Å². The standard InChI is InChI=1S/C14H27N/c1-11(2)9-12-7-6-8-13(12)10-15-14(3,4)5/h12-13,15H,1,6-10H2,2-5H3. The molecule has 0 spiro atoms. The van der Waals surface area contributed by atoms with Crippen molar-refractivity contribution in [3.05, 3.63) is 12.2 Å². The molecule has 1 rings (SSSR count). The third-order valence-electron chi connectivity index (χ3n) is 3.32. The van der Waals surface area contributed by atoms with Crippen LogP contribution in [0.3, 0.4) is 0 Å². The van der Waals surface area contributed by atoms with Gasteiger partial charge in [-0.2, -0.15) is 0 Å². The molecule has 1 heteroatoms. The first-order valence-electron chi connectivity index (χ1n) is 6.28. The van der Waals surface area contributed by atoms with Gasteiger partial charge >= 0.3 is 0 Å². The number of hydrogen-bond donors (Lipinski definition) is 1. The van der Waals surface area contributed by atoms with Crippen LogP contribution < -0.4 is 5.32 Å². The Kier molecular flexibility index (Phi) is 4.39. The highest BCUT2D eigenvalue weighted by Crippen LogP contribution is 2.35. The Labute approximate surface area is 95.3 Å². The molecule has 15 heavy (non-hydrogen) atoms. The molecule has 0 heterocycles. The van der Waals surface area contributed by atoms with Gasteiger partial charge in [0, 0.05) is 5.54 Å². The van der Waals surface area contributed by atoms with E-state index in [-0.39, 0.29) is 5.54 Å². The Bertz CT molecular complexity index is 212. The van der Waals surface area contributed by atoms with Crippen LogP contribution in [0, 0.1) is 11.8 Å². The van der Waals surface area contributed by atoms with Gasteiger partial charge in [0.1, 0.15) is 0 Å². The van der Waals surface area contributed by atoms with Gasteiger partial charge in [-0.3, -0.25) is 0 Å². The molecule has 2 atom stereocenters. The molecular formula is C14H27N. The zero-order chi connectivity index (χ0) is 11.5. The fraction of sp³-hybridized carbons (Fsp3) is 0.857. The van der Waals surface area contributed by atoms with Crippen molar-refractivity contribution in [1.29, 1.82) is 0 Å². The third kappa shape index (κ3) is 4.83. The van der Waals surface area contributed by atoms with Gasteiger partial charge in [0.25, 0.3) is 0 Å². The summed E-state index contributed by atoms with van der Waals surface area (Å²) in [4.78, 5) is 0. The number of rotatable bonds is 4. The van der Waals surface area contributed by atoms with Crippen LogP contribution in [-0.2, 0) is 0 Å². The molecule has 0 saturated heterocycles. The molecule has 0 aromatic heterocycles. The van der Waals surface area contributed by atoms with Crippen molar-refractivity contribution in [3.8, 4) is 0 Å². The molecule has 88 valence electrons. The minimum Gasteiger partial charge on any atom is -0.312 e. The molecule has 0 amide bonds. The second kappa shape index (κ2) is 5.16. The lowest BCUT2D eigenvalue weighted by Gasteiger charge is -2.26. The Hall–Kier alpha value is -0.300. The van der Waals surface area contributed by atoms with Gasteiger partial charge in [-0.05, 0) is 65.3 Å². The van der Waals surface area contributed by atoms with E-state index in [1.807, 2.05) is 0 Å². The van der Waals surface area contributed by atoms with Crippen molar-refractivity contribution in [1.82, 2.24) is 5.32 Å². The van der Waals surface area contributed by atoms with E-state index < -0.39 is 0 Å². The van der Waals surface area contributed by atoms with Crippen molar-refractivity contribution in [2.45, 2.75) is 58.9 Å². The minimum absolute atomic E-state index is 0.260. The van der Waals surface area contributed by atoms with Crippen molar-refractivity contribution in [2.24, 2.45) is 11.8 Å². The Balaban J connectivity index is 2.36. The summed E-state index contributed by atoms with van der Waals surface area (Å²) in [5, 5.41) is 3.64. The molecule has 0 aromatic rings. The van der Waals surface area contributed by atoms with E-state index in [0.29, 0.717) is 0 Å². The average Bonchev–Trinajstić information content (AvgIpc) is 2.46. The topological polar surface area (TPSA) is 12.0 Å². The molecular weight excluding hydrogens is 182 g/mol. The predicted molar refractivity (Wildman–Crippen MR) is 68.0 cm³/mol. The van der Waals surface area contributed by atoms with Crippen LogP contribution in [0.15, 0.2) is 12.2 Å². The zero-order valence-electron chi connectivity index (χ0n) is 10.9. The van der Waals surface area contributed by atoms with Gasteiger partial charge in [0.05, 0.1) is 0 Å². The monoisotopic (exact) mass is 209 g/mol. The zero-order valence-corrected chi connectivity index (χ0v) is 10.9. The summed E-state index contributed by atoms with van der Waals surface area (Å²) in [7, 11) is 0. The van der Waals surface area contributed by atoms with E-state index in [2.05, 4.69) is 39.6 Å². The van der Waals surface area contributed by atoms with Crippen LogP contribution >= 0.6 is 0 Å². The first-order valence-corrected chi connectivity index (χ1v) is 6.28. The van der Waals surface area contributed by atoms with Gasteiger partial charge in [-0.25, -0.2) is 0 Å². The molecule has 1 N–H and O–H groups in total. The average molecular weight is 209 g/mol. The van der Waals surface area contributed by atoms with Gasteiger partial charge in [0.15, 0.2) is 0 Å². The molecule has 1 saturated carbocycles. The first-order chi connectivity index (χ1) is 6.88. The SMILES string of the molecule is C=C(C)CC1CCCC1CNC(C)(C)C. The molecule has 0 aromatic carbocycles. The normalized spacial score (nSPS) is 26.9. The van der Waals surface area contributed by atoms with Crippen molar-refractivity contribution in [2.75, 3.05) is 6.54 Å². The summed E-state index contributed by atoms with van der Waals surface area (Å²) >= 11 is 0. The van der Waals surface area contributed by atoms with E-state index in [4.69, 9.17) is 0 Å². The third-order valence-corrected chi connectivity index (χ3v) is 3.32. The smallest absolute Gasteiger partial charge is 0.00966 e. The predicted octanol–water partition coefficient (Wildman–Crippen LogP) is 3.76. The van der Waals surface area contributed by atoms with E-state index in [9.17, 15) is 0 Å². The van der Waals surface area contributed by atoms with Crippen LogP contribution in [0.2, 0.25) is 0 Å². The maximum Gasteiger partial charge on any atom is 0.00966 e. The lowest BCUT2D eigenvalue weighted by molar-refractivity contribution is 0.317. The highest BCUT2D eigenvalue weighted by molar-refractivity contribution is 4.94. The molecule has 1 fully saturated rings. The second-order valence-corrected chi connectivity index (χ2v) is 6.24. The first kappa shape index (κ1) is 12.8. The van der Waals surface area contributed by atoms with Gasteiger partial charge in [-0.1, -0.05) is 12.0 Å². The number of nitrogens with one attached hydrogen (secondary N) is 1. The maximum atomic E-state index is 4.04. The van der Waals surface area contributed by atoms with Crippen molar-refractivity contribution >= 4 is 0 Å². The summed E-state index contributed by atoms with van der Waals surface area (Å²) in [6, 6.07) is 0. The molecule has 2 unspecified atom stereocenters. The summed E-state index contributed by atoms with van der Waals surface area (Å²) in [6.45, 7) is 14.1. The van der Waals surface area contributed by atoms with Crippen LogP contribution in [0.25, 0.3) is 0 Å². The Morgan fingerprint density at radius 3 is 2.40 bits per heavy atom. The lowest BCUT2D eigenvalue weighted by Crippen LogP contribution is -2.39. The van der Waals surface area contributed by atoms with Gasteiger partial charge < -0.3 is 5.32 Å². The molecule has 0 radical (unpaired) electrons. The summed E-state index contributed by atoms with van der Waals surface area (Å²) in [5.41, 5.74) is 1.61. The van der Waals surface area contributed by atoms with Gasteiger partial charge in [-0.15, -0.1) is 6.58 Å². The molecule has 0 aliphatic heterocycles. The van der Waals surface area contributed by atoms with Crippen molar-refractivity contribution < 1.29 is 0 Å². The van der Waals surface area contributed by atoms with Crippen LogP contribution in [0.5, 0.6) is 0 Å². The fourth-order valence-electron chi connectivity index (χ4n) is 2.54. The Morgan fingerprint density at radius 2 is 1.87 bits per heavy atom. The maximum absolute atomic E-state index is 4.04. The quantitative estimate of drug-likeness (QED) is 0.695. The second-order valence-electron chi connectivity index (χ2n) is 6.24. The van der Waals surface area contributed by atoms with Crippen LogP contribution in [0.1, 0.15) is 53.4 Å². The summed E-state index contributed by atoms with van der Waals surface area (Å²) < 4.78 is 0. The molecule has 1 nitrogen and oxygen atoms in total. The van der Waals surface area contributed by atoms with Crippen molar-refractivity contribution in [3.63, 3.8) is 0 Å². The lowest BCUT2D eigenvalue weighted by atomic mass is 9.90. The number of hydrogen-bond acceptors (Lipinski definition) is 1. The van der Waals surface area contributed by atoms with Crippen LogP contribution in [0.4, 0.5) is 0 Å². The van der Waals surface area contributed by atoms with E-state index in [1.165, 1.54) is 37.8 Å². The fourth-order valence-corrected chi connectivity index (χ4v) is 2.54. The highest BCUT2D eigenvalue weighted by atomic mass is 14.9. The molecule has 1 aliphatic rings. The minimum atomic E-state index is 0.260. The summed E-state index contributed by atoms with van der Waals surface area (Å²) in [6.07, 6.45) is 5.45.